The molecule has 0 saturated heterocycles. The number of aromatic nitrogens is 5. The summed E-state index contributed by atoms with van der Waals surface area (Å²) in [5, 5.41) is 8.32. The molecule has 4 aromatic rings. The summed E-state index contributed by atoms with van der Waals surface area (Å²) in [6, 6.07) is 16.0. The fourth-order valence-corrected chi connectivity index (χ4v) is 3.37. The number of hydrogen-bond acceptors (Lipinski definition) is 4. The molecule has 24 heavy (non-hydrogen) atoms. The van der Waals surface area contributed by atoms with Crippen LogP contribution >= 0.6 is 0 Å². The highest BCUT2D eigenvalue weighted by atomic mass is 32.2. The van der Waals surface area contributed by atoms with Gasteiger partial charge in [-0.05, 0) is 12.1 Å². The van der Waals surface area contributed by atoms with Crippen LogP contribution < -0.4 is 0 Å². The fraction of sp³-hybridized carbons (Fsp3) is 0.118. The highest BCUT2D eigenvalue weighted by Crippen LogP contribution is 2.25. The Morgan fingerprint density at radius 2 is 1.88 bits per heavy atom. The lowest BCUT2D eigenvalue weighted by Gasteiger charge is -2.08. The van der Waals surface area contributed by atoms with Crippen LogP contribution in [0.25, 0.3) is 16.9 Å². The molecule has 0 spiro atoms. The minimum absolute atomic E-state index is 0.458. The molecule has 4 rings (SSSR count). The lowest BCUT2D eigenvalue weighted by atomic mass is 10.1. The third kappa shape index (κ3) is 2.52. The monoisotopic (exact) mass is 337 g/mol. The number of pyridine rings is 1. The van der Waals surface area contributed by atoms with Crippen molar-refractivity contribution in [3.8, 4) is 11.3 Å². The standard InChI is InChI=1S/C17H15N5OS/c1-24(23)17-20-18-12-21(17)11-14-16(13-7-3-2-4-8-13)19-15-9-5-6-10-22(14)15/h2-10,12H,11H2,1H3. The Hall–Kier alpha value is -2.80. The summed E-state index contributed by atoms with van der Waals surface area (Å²) in [7, 11) is -1.20. The van der Waals surface area contributed by atoms with Gasteiger partial charge in [0.15, 0.2) is 0 Å². The molecule has 6 nitrogen and oxygen atoms in total. The first-order valence-electron chi connectivity index (χ1n) is 7.46. The second kappa shape index (κ2) is 6.01. The first-order valence-corrected chi connectivity index (χ1v) is 9.02. The van der Waals surface area contributed by atoms with Gasteiger partial charge in [-0.3, -0.25) is 4.21 Å². The number of hydrogen-bond donors (Lipinski definition) is 0. The first kappa shape index (κ1) is 14.8. The Morgan fingerprint density at radius 3 is 2.67 bits per heavy atom. The Bertz CT molecular complexity index is 1020. The molecular weight excluding hydrogens is 322 g/mol. The van der Waals surface area contributed by atoms with E-state index in [1.165, 1.54) is 0 Å². The van der Waals surface area contributed by atoms with Gasteiger partial charge in [0, 0.05) is 18.0 Å². The molecule has 0 aliphatic carbocycles. The second-order valence-corrected chi connectivity index (χ2v) is 6.67. The van der Waals surface area contributed by atoms with Crippen molar-refractivity contribution in [2.45, 2.75) is 11.7 Å². The molecule has 0 N–H and O–H groups in total. The lowest BCUT2D eigenvalue weighted by molar-refractivity contribution is 0.647. The van der Waals surface area contributed by atoms with E-state index in [2.05, 4.69) is 10.2 Å². The summed E-state index contributed by atoms with van der Waals surface area (Å²) in [6.45, 7) is 0.497. The van der Waals surface area contributed by atoms with Gasteiger partial charge in [0.2, 0.25) is 5.16 Å². The van der Waals surface area contributed by atoms with Crippen molar-refractivity contribution in [2.24, 2.45) is 0 Å². The van der Waals surface area contributed by atoms with Crippen molar-refractivity contribution in [1.82, 2.24) is 24.1 Å². The van der Waals surface area contributed by atoms with Gasteiger partial charge in [-0.1, -0.05) is 36.4 Å². The zero-order chi connectivity index (χ0) is 16.5. The van der Waals surface area contributed by atoms with Crippen molar-refractivity contribution in [1.29, 1.82) is 0 Å². The van der Waals surface area contributed by atoms with E-state index in [0.717, 1.165) is 22.6 Å². The molecule has 0 aliphatic heterocycles. The smallest absolute Gasteiger partial charge is 0.221 e. The van der Waals surface area contributed by atoms with E-state index < -0.39 is 10.8 Å². The van der Waals surface area contributed by atoms with E-state index in [0.29, 0.717) is 11.7 Å². The SMILES string of the molecule is CS(=O)c1nncn1Cc1c(-c2ccccc2)nc2ccccn12. The summed E-state index contributed by atoms with van der Waals surface area (Å²) in [5.74, 6) is 0. The number of fused-ring (bicyclic) bond motifs is 1. The summed E-state index contributed by atoms with van der Waals surface area (Å²) < 4.78 is 15.7. The Labute approximate surface area is 141 Å². The zero-order valence-electron chi connectivity index (χ0n) is 13.0. The van der Waals surface area contributed by atoms with Gasteiger partial charge in [-0.25, -0.2) is 4.98 Å². The topological polar surface area (TPSA) is 65.1 Å². The highest BCUT2D eigenvalue weighted by molar-refractivity contribution is 7.84. The van der Waals surface area contributed by atoms with Gasteiger partial charge in [-0.2, -0.15) is 0 Å². The number of rotatable bonds is 4. The lowest BCUT2D eigenvalue weighted by Crippen LogP contribution is -2.08. The minimum Gasteiger partial charge on any atom is -0.302 e. The van der Waals surface area contributed by atoms with Crippen molar-refractivity contribution >= 4 is 16.4 Å². The van der Waals surface area contributed by atoms with Gasteiger partial charge in [0.05, 0.1) is 28.7 Å². The third-order valence-electron chi connectivity index (χ3n) is 3.83. The number of imidazole rings is 1. The van der Waals surface area contributed by atoms with Crippen LogP contribution in [0.3, 0.4) is 0 Å². The van der Waals surface area contributed by atoms with E-state index in [4.69, 9.17) is 4.98 Å². The molecule has 3 heterocycles. The molecule has 0 aliphatic rings. The molecule has 0 fully saturated rings. The van der Waals surface area contributed by atoms with Gasteiger partial charge in [0.25, 0.3) is 0 Å². The van der Waals surface area contributed by atoms with Gasteiger partial charge in [0.1, 0.15) is 12.0 Å². The molecule has 0 saturated carbocycles. The van der Waals surface area contributed by atoms with Gasteiger partial charge >= 0.3 is 0 Å². The molecule has 1 aromatic carbocycles. The normalized spacial score (nSPS) is 12.5. The molecule has 1 atom stereocenters. The second-order valence-electron chi connectivity index (χ2n) is 5.40. The predicted octanol–water partition coefficient (Wildman–Crippen LogP) is 2.38. The summed E-state index contributed by atoms with van der Waals surface area (Å²) in [4.78, 5) is 4.77. The summed E-state index contributed by atoms with van der Waals surface area (Å²) >= 11 is 0. The predicted molar refractivity (Wildman–Crippen MR) is 92.1 cm³/mol. The maximum absolute atomic E-state index is 11.8. The first-order chi connectivity index (χ1) is 11.7. The van der Waals surface area contributed by atoms with Crippen LogP contribution in [-0.4, -0.2) is 34.6 Å². The Morgan fingerprint density at radius 1 is 1.08 bits per heavy atom. The van der Waals surface area contributed by atoms with Gasteiger partial charge in [-0.15, -0.1) is 10.2 Å². The quantitative estimate of drug-likeness (QED) is 0.573. The molecule has 3 aromatic heterocycles. The minimum atomic E-state index is -1.20. The molecule has 0 bridgehead atoms. The van der Waals surface area contributed by atoms with Crippen LogP contribution in [-0.2, 0) is 17.3 Å². The summed E-state index contributed by atoms with van der Waals surface area (Å²) in [5.41, 5.74) is 3.83. The van der Waals surface area contributed by atoms with Crippen LogP contribution in [0.1, 0.15) is 5.69 Å². The Balaban J connectivity index is 1.90. The highest BCUT2D eigenvalue weighted by Gasteiger charge is 2.16. The molecule has 7 heteroatoms. The Kier molecular flexibility index (Phi) is 3.70. The number of benzene rings is 1. The van der Waals surface area contributed by atoms with E-state index >= 15 is 0 Å². The molecule has 0 radical (unpaired) electrons. The van der Waals surface area contributed by atoms with Crippen LogP contribution in [0.5, 0.6) is 0 Å². The van der Waals surface area contributed by atoms with E-state index in [1.807, 2.05) is 59.1 Å². The molecule has 1 unspecified atom stereocenters. The average molecular weight is 337 g/mol. The van der Waals surface area contributed by atoms with E-state index in [-0.39, 0.29) is 0 Å². The molecule has 120 valence electrons. The van der Waals surface area contributed by atoms with Crippen molar-refractivity contribution < 1.29 is 4.21 Å². The fourth-order valence-electron chi connectivity index (χ4n) is 2.76. The maximum atomic E-state index is 11.8. The maximum Gasteiger partial charge on any atom is 0.221 e. The molecule has 0 amide bonds. The third-order valence-corrected chi connectivity index (χ3v) is 4.66. The van der Waals surface area contributed by atoms with Crippen molar-refractivity contribution in [3.63, 3.8) is 0 Å². The average Bonchev–Trinajstić information content (AvgIpc) is 3.21. The van der Waals surface area contributed by atoms with Crippen LogP contribution in [0.2, 0.25) is 0 Å². The van der Waals surface area contributed by atoms with E-state index in [9.17, 15) is 4.21 Å². The van der Waals surface area contributed by atoms with Crippen LogP contribution in [0.4, 0.5) is 0 Å². The zero-order valence-corrected chi connectivity index (χ0v) is 13.8. The van der Waals surface area contributed by atoms with Crippen molar-refractivity contribution in [3.05, 3.63) is 66.7 Å². The van der Waals surface area contributed by atoms with Crippen LogP contribution in [0.15, 0.2) is 66.2 Å². The summed E-state index contributed by atoms with van der Waals surface area (Å²) in [6.07, 6.45) is 5.19. The van der Waals surface area contributed by atoms with Crippen LogP contribution in [0, 0.1) is 0 Å². The van der Waals surface area contributed by atoms with Crippen molar-refractivity contribution in [2.75, 3.05) is 6.26 Å². The largest absolute Gasteiger partial charge is 0.302 e. The van der Waals surface area contributed by atoms with Gasteiger partial charge < -0.3 is 8.97 Å². The molecular formula is C17H15N5OS. The van der Waals surface area contributed by atoms with E-state index in [1.54, 1.807) is 17.2 Å². The number of nitrogens with zero attached hydrogens (tertiary/aromatic N) is 5.